The van der Waals surface area contributed by atoms with E-state index >= 15 is 0 Å². The Morgan fingerprint density at radius 3 is 3.22 bits per heavy atom. The zero-order valence-corrected chi connectivity index (χ0v) is 10.8. The molecule has 0 amide bonds. The molecule has 0 bridgehead atoms. The molecule has 0 saturated carbocycles. The normalized spacial score (nSPS) is 32.0. The minimum absolute atomic E-state index is 0.0396. The van der Waals surface area contributed by atoms with Gasteiger partial charge in [0.25, 0.3) is 0 Å². The first-order valence-electron chi connectivity index (χ1n) is 6.83. The largest absolute Gasteiger partial charge is 0.394 e. The SMILES string of the molecule is CCCN1C[C@H](CO)O[C@@H]2Cc3[nH]ncc3C[C@H]21. The average Bonchev–Trinajstić information content (AvgIpc) is 2.83. The van der Waals surface area contributed by atoms with Crippen LogP contribution in [0.5, 0.6) is 0 Å². The summed E-state index contributed by atoms with van der Waals surface area (Å²) in [6.07, 6.45) is 5.12. The molecule has 2 aliphatic rings. The first-order chi connectivity index (χ1) is 8.81. The summed E-state index contributed by atoms with van der Waals surface area (Å²) in [5, 5.41) is 16.5. The number of hydrogen-bond acceptors (Lipinski definition) is 4. The van der Waals surface area contributed by atoms with Crippen molar-refractivity contribution in [3.8, 4) is 0 Å². The molecule has 5 heteroatoms. The maximum atomic E-state index is 9.35. The molecule has 0 aromatic carbocycles. The minimum Gasteiger partial charge on any atom is -0.394 e. The molecule has 1 saturated heterocycles. The number of aromatic amines is 1. The predicted octanol–water partition coefficient (Wildman–Crippen LogP) is 0.349. The highest BCUT2D eigenvalue weighted by Gasteiger charge is 2.39. The fraction of sp³-hybridized carbons (Fsp3) is 0.769. The van der Waals surface area contributed by atoms with Crippen LogP contribution in [-0.4, -0.2) is 58.1 Å². The van der Waals surface area contributed by atoms with Crippen LogP contribution in [0.1, 0.15) is 24.6 Å². The maximum absolute atomic E-state index is 9.35. The van der Waals surface area contributed by atoms with Gasteiger partial charge in [-0.1, -0.05) is 6.92 Å². The van der Waals surface area contributed by atoms with E-state index < -0.39 is 0 Å². The first kappa shape index (κ1) is 12.1. The Bertz CT molecular complexity index is 407. The molecule has 1 aliphatic heterocycles. The quantitative estimate of drug-likeness (QED) is 0.813. The van der Waals surface area contributed by atoms with E-state index in [1.54, 1.807) is 0 Å². The van der Waals surface area contributed by atoms with E-state index in [1.165, 1.54) is 11.3 Å². The standard InChI is InChI=1S/C13H21N3O2/c1-2-3-16-7-10(8-17)18-13-5-11-9(4-12(13)16)6-14-15-11/h6,10,12-13,17H,2-5,7-8H2,1H3,(H,14,15)/t10-,12-,13-/m1/s1. The summed E-state index contributed by atoms with van der Waals surface area (Å²) in [6, 6.07) is 0.442. The van der Waals surface area contributed by atoms with Crippen LogP contribution in [0.25, 0.3) is 0 Å². The van der Waals surface area contributed by atoms with Gasteiger partial charge < -0.3 is 9.84 Å². The van der Waals surface area contributed by atoms with E-state index in [9.17, 15) is 5.11 Å². The van der Waals surface area contributed by atoms with Crippen molar-refractivity contribution in [3.05, 3.63) is 17.5 Å². The minimum atomic E-state index is -0.0396. The molecule has 0 spiro atoms. The monoisotopic (exact) mass is 251 g/mol. The highest BCUT2D eigenvalue weighted by molar-refractivity contribution is 5.23. The molecule has 1 fully saturated rings. The van der Waals surface area contributed by atoms with Gasteiger partial charge in [-0.25, -0.2) is 0 Å². The van der Waals surface area contributed by atoms with Gasteiger partial charge in [-0.3, -0.25) is 10.00 Å². The van der Waals surface area contributed by atoms with Crippen molar-refractivity contribution in [2.45, 2.75) is 44.4 Å². The second kappa shape index (κ2) is 4.99. The van der Waals surface area contributed by atoms with E-state index in [4.69, 9.17) is 4.74 Å². The molecule has 5 nitrogen and oxygen atoms in total. The Balaban J connectivity index is 1.81. The summed E-state index contributed by atoms with van der Waals surface area (Å²) < 4.78 is 6.00. The highest BCUT2D eigenvalue weighted by atomic mass is 16.5. The summed E-state index contributed by atoms with van der Waals surface area (Å²) in [5.41, 5.74) is 2.52. The number of H-pyrrole nitrogens is 1. The molecule has 2 N–H and O–H groups in total. The molecule has 18 heavy (non-hydrogen) atoms. The molecule has 1 aliphatic carbocycles. The van der Waals surface area contributed by atoms with Gasteiger partial charge in [0.1, 0.15) is 0 Å². The summed E-state index contributed by atoms with van der Waals surface area (Å²) in [4.78, 5) is 2.48. The molecule has 2 heterocycles. The number of morpholine rings is 1. The van der Waals surface area contributed by atoms with Gasteiger partial charge in [-0.2, -0.15) is 5.10 Å². The zero-order chi connectivity index (χ0) is 12.5. The number of ether oxygens (including phenoxy) is 1. The lowest BCUT2D eigenvalue weighted by molar-refractivity contribution is -0.135. The maximum Gasteiger partial charge on any atom is 0.0937 e. The third-order valence-electron chi connectivity index (χ3n) is 4.06. The second-order valence-electron chi connectivity index (χ2n) is 5.32. The van der Waals surface area contributed by atoms with Crippen molar-refractivity contribution in [1.82, 2.24) is 15.1 Å². The lowest BCUT2D eigenvalue weighted by Gasteiger charge is -2.46. The Hall–Kier alpha value is -0.910. The number of aromatic nitrogens is 2. The highest BCUT2D eigenvalue weighted by Crippen LogP contribution is 2.29. The number of rotatable bonds is 3. The van der Waals surface area contributed by atoms with E-state index in [2.05, 4.69) is 22.0 Å². The van der Waals surface area contributed by atoms with E-state index in [0.717, 1.165) is 32.4 Å². The topological polar surface area (TPSA) is 61.4 Å². The van der Waals surface area contributed by atoms with Crippen LogP contribution in [0.15, 0.2) is 6.20 Å². The number of nitrogens with one attached hydrogen (secondary N) is 1. The number of nitrogens with zero attached hydrogens (tertiary/aromatic N) is 2. The van der Waals surface area contributed by atoms with Gasteiger partial charge >= 0.3 is 0 Å². The molecular formula is C13H21N3O2. The van der Waals surface area contributed by atoms with Gasteiger partial charge in [0.2, 0.25) is 0 Å². The van der Waals surface area contributed by atoms with Crippen LogP contribution >= 0.6 is 0 Å². The number of hydrogen-bond donors (Lipinski definition) is 2. The van der Waals surface area contributed by atoms with E-state index in [0.29, 0.717) is 6.04 Å². The third kappa shape index (κ3) is 2.06. The summed E-state index contributed by atoms with van der Waals surface area (Å²) in [7, 11) is 0. The van der Waals surface area contributed by atoms with Crippen LogP contribution in [0.4, 0.5) is 0 Å². The Labute approximate surface area is 107 Å². The molecule has 100 valence electrons. The van der Waals surface area contributed by atoms with Crippen LogP contribution < -0.4 is 0 Å². The number of aliphatic hydroxyl groups excluding tert-OH is 1. The van der Waals surface area contributed by atoms with Crippen LogP contribution in [-0.2, 0) is 17.6 Å². The first-order valence-corrected chi connectivity index (χ1v) is 6.83. The van der Waals surface area contributed by atoms with Crippen molar-refractivity contribution in [2.24, 2.45) is 0 Å². The van der Waals surface area contributed by atoms with Gasteiger partial charge in [0, 0.05) is 24.7 Å². The van der Waals surface area contributed by atoms with Crippen molar-refractivity contribution < 1.29 is 9.84 Å². The molecule has 1 aromatic heterocycles. The molecule has 1 aromatic rings. The molecule has 0 radical (unpaired) electrons. The van der Waals surface area contributed by atoms with E-state index in [1.807, 2.05) is 6.20 Å². The lowest BCUT2D eigenvalue weighted by atomic mass is 9.88. The Morgan fingerprint density at radius 1 is 1.56 bits per heavy atom. The van der Waals surface area contributed by atoms with Crippen molar-refractivity contribution >= 4 is 0 Å². The van der Waals surface area contributed by atoms with Gasteiger partial charge in [-0.05, 0) is 24.9 Å². The summed E-state index contributed by atoms with van der Waals surface area (Å²) in [6.45, 7) is 4.23. The second-order valence-corrected chi connectivity index (χ2v) is 5.32. The summed E-state index contributed by atoms with van der Waals surface area (Å²) in [5.74, 6) is 0. The van der Waals surface area contributed by atoms with Crippen molar-refractivity contribution in [1.29, 1.82) is 0 Å². The average molecular weight is 251 g/mol. The lowest BCUT2D eigenvalue weighted by Crippen LogP contribution is -2.58. The van der Waals surface area contributed by atoms with Crippen LogP contribution in [0, 0.1) is 0 Å². The van der Waals surface area contributed by atoms with Crippen molar-refractivity contribution in [2.75, 3.05) is 19.7 Å². The Kier molecular flexibility index (Phi) is 3.37. The van der Waals surface area contributed by atoms with Crippen LogP contribution in [0.2, 0.25) is 0 Å². The third-order valence-corrected chi connectivity index (χ3v) is 4.06. The fourth-order valence-corrected chi connectivity index (χ4v) is 3.22. The smallest absolute Gasteiger partial charge is 0.0937 e. The molecule has 0 unspecified atom stereocenters. The van der Waals surface area contributed by atoms with Crippen LogP contribution in [0.3, 0.4) is 0 Å². The zero-order valence-electron chi connectivity index (χ0n) is 10.8. The van der Waals surface area contributed by atoms with Gasteiger partial charge in [-0.15, -0.1) is 0 Å². The predicted molar refractivity (Wildman–Crippen MR) is 67.4 cm³/mol. The number of aliphatic hydroxyl groups is 1. The number of fused-ring (bicyclic) bond motifs is 2. The van der Waals surface area contributed by atoms with Gasteiger partial charge in [0.15, 0.2) is 0 Å². The fourth-order valence-electron chi connectivity index (χ4n) is 3.22. The van der Waals surface area contributed by atoms with Gasteiger partial charge in [0.05, 0.1) is 25.0 Å². The molecule has 3 rings (SSSR count). The summed E-state index contributed by atoms with van der Waals surface area (Å²) >= 11 is 0. The molecular weight excluding hydrogens is 230 g/mol. The molecule has 3 atom stereocenters. The Morgan fingerprint density at radius 2 is 2.44 bits per heavy atom. The van der Waals surface area contributed by atoms with E-state index in [-0.39, 0.29) is 18.8 Å². The van der Waals surface area contributed by atoms with Crippen molar-refractivity contribution in [3.63, 3.8) is 0 Å².